The number of halogens is 1. The van der Waals surface area contributed by atoms with E-state index in [2.05, 4.69) is 0 Å². The van der Waals surface area contributed by atoms with E-state index in [0.717, 1.165) is 6.42 Å². The molecule has 1 unspecified atom stereocenters. The second kappa shape index (κ2) is 2.96. The van der Waals surface area contributed by atoms with Crippen LogP contribution >= 0.6 is 0 Å². The van der Waals surface area contributed by atoms with E-state index in [4.69, 9.17) is 5.73 Å². The molecule has 0 aromatic carbocycles. The molecule has 0 aromatic heterocycles. The highest BCUT2D eigenvalue weighted by molar-refractivity contribution is 5.80. The fourth-order valence-electron chi connectivity index (χ4n) is 1.29. The highest BCUT2D eigenvalue weighted by Gasteiger charge is 2.28. The number of alkyl halides is 1. The third kappa shape index (κ3) is 1.26. The van der Waals surface area contributed by atoms with E-state index in [1.807, 2.05) is 0 Å². The Labute approximate surface area is 59.0 Å². The molecule has 1 aliphatic rings. The van der Waals surface area contributed by atoms with Gasteiger partial charge < -0.3 is 5.73 Å². The number of likely N-dealkylation sites (tertiary alicyclic amines) is 1. The smallest absolute Gasteiger partial charge is 0.234 e. The molecule has 10 heavy (non-hydrogen) atoms. The lowest BCUT2D eigenvalue weighted by Crippen LogP contribution is -2.39. The fraction of sp³-hybridized carbons (Fsp3) is 0.833. The molecular formula is C6H11FN2O. The van der Waals surface area contributed by atoms with Gasteiger partial charge in [-0.05, 0) is 12.8 Å². The van der Waals surface area contributed by atoms with E-state index in [1.165, 1.54) is 4.90 Å². The van der Waals surface area contributed by atoms with E-state index in [9.17, 15) is 9.18 Å². The van der Waals surface area contributed by atoms with Crippen molar-refractivity contribution in [1.29, 1.82) is 0 Å². The second-order valence-electron chi connectivity index (χ2n) is 2.49. The summed E-state index contributed by atoms with van der Waals surface area (Å²) < 4.78 is 12.0. The largest absolute Gasteiger partial charge is 0.368 e. The number of carbonyl (C=O) groups excluding carboxylic acids is 1. The van der Waals surface area contributed by atoms with Gasteiger partial charge >= 0.3 is 0 Å². The van der Waals surface area contributed by atoms with Crippen LogP contribution in [0.15, 0.2) is 0 Å². The van der Waals surface area contributed by atoms with Crippen molar-refractivity contribution in [3.05, 3.63) is 0 Å². The maximum Gasteiger partial charge on any atom is 0.234 e. The van der Waals surface area contributed by atoms with Crippen LogP contribution in [-0.2, 0) is 4.79 Å². The minimum absolute atomic E-state index is 0.356. The standard InChI is InChI=1S/C6H11FN2O/c7-4-9-3-1-2-5(9)6(8)10/h5H,1-4H2,(H2,8,10). The van der Waals surface area contributed by atoms with E-state index in [-0.39, 0.29) is 6.04 Å². The first-order valence-electron chi connectivity index (χ1n) is 3.35. The molecule has 1 atom stereocenters. The zero-order valence-corrected chi connectivity index (χ0v) is 5.72. The number of primary amides is 1. The Morgan fingerprint density at radius 1 is 1.80 bits per heavy atom. The molecule has 1 saturated heterocycles. The quantitative estimate of drug-likeness (QED) is 0.551. The molecule has 0 aromatic rings. The Morgan fingerprint density at radius 3 is 2.90 bits per heavy atom. The summed E-state index contributed by atoms with van der Waals surface area (Å²) in [7, 11) is 0. The van der Waals surface area contributed by atoms with Gasteiger partial charge in [-0.15, -0.1) is 0 Å². The van der Waals surface area contributed by atoms with Crippen molar-refractivity contribution in [3.63, 3.8) is 0 Å². The summed E-state index contributed by atoms with van der Waals surface area (Å²) in [6.45, 7) is 0.0950. The molecule has 1 heterocycles. The summed E-state index contributed by atoms with van der Waals surface area (Å²) in [5.41, 5.74) is 5.02. The molecule has 1 amide bonds. The number of nitrogens with zero attached hydrogens (tertiary/aromatic N) is 1. The van der Waals surface area contributed by atoms with Crippen molar-refractivity contribution in [2.45, 2.75) is 18.9 Å². The van der Waals surface area contributed by atoms with Gasteiger partial charge in [-0.1, -0.05) is 0 Å². The third-order valence-electron chi connectivity index (χ3n) is 1.85. The first-order valence-corrected chi connectivity index (χ1v) is 3.35. The summed E-state index contributed by atoms with van der Waals surface area (Å²) in [5, 5.41) is 0. The van der Waals surface area contributed by atoms with Gasteiger partial charge in [0.05, 0.1) is 6.04 Å². The molecular weight excluding hydrogens is 135 g/mol. The van der Waals surface area contributed by atoms with Crippen LogP contribution in [0, 0.1) is 0 Å². The van der Waals surface area contributed by atoms with Crippen molar-refractivity contribution in [2.75, 3.05) is 13.3 Å². The normalized spacial score (nSPS) is 27.1. The molecule has 0 radical (unpaired) electrons. The minimum atomic E-state index is -0.562. The maximum atomic E-state index is 12.0. The first-order chi connectivity index (χ1) is 4.75. The third-order valence-corrected chi connectivity index (χ3v) is 1.85. The Kier molecular flexibility index (Phi) is 2.21. The molecule has 0 bridgehead atoms. The molecule has 1 rings (SSSR count). The van der Waals surface area contributed by atoms with Crippen LogP contribution in [0.5, 0.6) is 0 Å². The highest BCUT2D eigenvalue weighted by Crippen LogP contribution is 2.15. The van der Waals surface area contributed by atoms with Crippen molar-refractivity contribution in [2.24, 2.45) is 5.73 Å². The monoisotopic (exact) mass is 146 g/mol. The lowest BCUT2D eigenvalue weighted by molar-refractivity contribution is -0.122. The molecule has 1 fully saturated rings. The van der Waals surface area contributed by atoms with E-state index < -0.39 is 12.7 Å². The minimum Gasteiger partial charge on any atom is -0.368 e. The molecule has 3 nitrogen and oxygen atoms in total. The number of rotatable bonds is 2. The number of hydrogen-bond acceptors (Lipinski definition) is 2. The fourth-order valence-corrected chi connectivity index (χ4v) is 1.29. The van der Waals surface area contributed by atoms with Gasteiger partial charge in [-0.3, -0.25) is 9.69 Å². The van der Waals surface area contributed by atoms with Crippen LogP contribution in [0.1, 0.15) is 12.8 Å². The van der Waals surface area contributed by atoms with Gasteiger partial charge in [0, 0.05) is 6.54 Å². The Balaban J connectivity index is 2.50. The van der Waals surface area contributed by atoms with Gasteiger partial charge in [0.2, 0.25) is 5.91 Å². The molecule has 4 heteroatoms. The number of hydrogen-bond donors (Lipinski definition) is 1. The average Bonchev–Trinajstić information content (AvgIpc) is 2.33. The highest BCUT2D eigenvalue weighted by atomic mass is 19.1. The van der Waals surface area contributed by atoms with Gasteiger partial charge in [-0.25, -0.2) is 4.39 Å². The van der Waals surface area contributed by atoms with Gasteiger partial charge in [0.15, 0.2) is 0 Å². The molecule has 1 aliphatic heterocycles. The Hall–Kier alpha value is -0.640. The van der Waals surface area contributed by atoms with Gasteiger partial charge in [0.1, 0.15) is 6.80 Å². The Bertz CT molecular complexity index is 140. The van der Waals surface area contributed by atoms with Gasteiger partial charge in [0.25, 0.3) is 0 Å². The van der Waals surface area contributed by atoms with E-state index in [0.29, 0.717) is 13.0 Å². The summed E-state index contributed by atoms with van der Waals surface area (Å²) in [6.07, 6.45) is 1.58. The molecule has 0 spiro atoms. The summed E-state index contributed by atoms with van der Waals surface area (Å²) in [5.74, 6) is -0.407. The lowest BCUT2D eigenvalue weighted by Gasteiger charge is -2.16. The zero-order valence-electron chi connectivity index (χ0n) is 5.72. The molecule has 0 aliphatic carbocycles. The van der Waals surface area contributed by atoms with Crippen molar-refractivity contribution in [1.82, 2.24) is 4.90 Å². The topological polar surface area (TPSA) is 46.3 Å². The van der Waals surface area contributed by atoms with Crippen LogP contribution in [0.2, 0.25) is 0 Å². The van der Waals surface area contributed by atoms with Crippen molar-refractivity contribution >= 4 is 5.91 Å². The van der Waals surface area contributed by atoms with Crippen LogP contribution in [-0.4, -0.2) is 30.2 Å². The zero-order chi connectivity index (χ0) is 7.56. The molecule has 2 N–H and O–H groups in total. The number of carbonyl (C=O) groups is 1. The van der Waals surface area contributed by atoms with E-state index >= 15 is 0 Å². The van der Waals surface area contributed by atoms with Crippen LogP contribution < -0.4 is 5.73 Å². The summed E-state index contributed by atoms with van der Waals surface area (Å²) in [6, 6.07) is -0.356. The number of amides is 1. The van der Waals surface area contributed by atoms with Crippen molar-refractivity contribution in [3.8, 4) is 0 Å². The average molecular weight is 146 g/mol. The van der Waals surface area contributed by atoms with Crippen LogP contribution in [0.4, 0.5) is 4.39 Å². The summed E-state index contributed by atoms with van der Waals surface area (Å²) >= 11 is 0. The predicted molar refractivity (Wildman–Crippen MR) is 34.9 cm³/mol. The van der Waals surface area contributed by atoms with Crippen LogP contribution in [0.25, 0.3) is 0 Å². The molecule has 58 valence electrons. The second-order valence-corrected chi connectivity index (χ2v) is 2.49. The lowest BCUT2D eigenvalue weighted by atomic mass is 10.2. The van der Waals surface area contributed by atoms with Crippen molar-refractivity contribution < 1.29 is 9.18 Å². The predicted octanol–water partition coefficient (Wildman–Crippen LogP) is -0.137. The first kappa shape index (κ1) is 7.47. The van der Waals surface area contributed by atoms with E-state index in [1.54, 1.807) is 0 Å². The molecule has 0 saturated carbocycles. The number of nitrogens with two attached hydrogens (primary N) is 1. The summed E-state index contributed by atoms with van der Waals surface area (Å²) in [4.78, 5) is 12.0. The van der Waals surface area contributed by atoms with Crippen LogP contribution in [0.3, 0.4) is 0 Å². The SMILES string of the molecule is NC(=O)C1CCCN1CF. The van der Waals surface area contributed by atoms with Gasteiger partial charge in [-0.2, -0.15) is 0 Å². The Morgan fingerprint density at radius 2 is 2.50 bits per heavy atom. The maximum absolute atomic E-state index is 12.0.